The van der Waals surface area contributed by atoms with Crippen LogP contribution in [0, 0.1) is 13.8 Å². The third-order valence-electron chi connectivity index (χ3n) is 7.17. The molecule has 0 bridgehead atoms. The molecule has 1 atom stereocenters. The first-order valence-electron chi connectivity index (χ1n) is 14.6. The van der Waals surface area contributed by atoms with E-state index in [0.29, 0.717) is 55.3 Å². The number of aromatic nitrogens is 2. The fourth-order valence-corrected chi connectivity index (χ4v) is 5.23. The molecule has 0 spiro atoms. The zero-order valence-corrected chi connectivity index (χ0v) is 25.8. The van der Waals surface area contributed by atoms with Crippen LogP contribution in [0.5, 0.6) is 23.0 Å². The van der Waals surface area contributed by atoms with Crippen LogP contribution in [0.25, 0.3) is 0 Å². The number of benzene rings is 3. The van der Waals surface area contributed by atoms with Gasteiger partial charge < -0.3 is 29.3 Å². The number of nitrogens with zero attached hydrogens (tertiary/aromatic N) is 5. The minimum atomic E-state index is -0.692. The number of hydrogen-bond acceptors (Lipinski definition) is 7. The predicted octanol–water partition coefficient (Wildman–Crippen LogP) is 5.03. The maximum Gasteiger partial charge on any atom is 0.267 e. The summed E-state index contributed by atoms with van der Waals surface area (Å²) in [6.45, 7) is 5.96. The number of ether oxygens (including phenoxy) is 3. The molecule has 4 aromatic rings. The Balaban J connectivity index is 1.12. The van der Waals surface area contributed by atoms with Crippen molar-refractivity contribution in [3.63, 3.8) is 0 Å². The second kappa shape index (κ2) is 13.6. The molecular formula is C33H33N7O4S. The number of piperazine rings is 1. The normalized spacial score (nSPS) is 16.1. The Morgan fingerprint density at radius 1 is 0.844 bits per heavy atom. The monoisotopic (exact) mass is 623 g/mol. The summed E-state index contributed by atoms with van der Waals surface area (Å²) >= 11 is 5.64. The third kappa shape index (κ3) is 7.65. The van der Waals surface area contributed by atoms with Crippen molar-refractivity contribution in [2.24, 2.45) is 4.99 Å². The van der Waals surface area contributed by atoms with Gasteiger partial charge in [-0.1, -0.05) is 30.3 Å². The molecule has 45 heavy (non-hydrogen) atoms. The van der Waals surface area contributed by atoms with Gasteiger partial charge in [-0.15, -0.1) is 0 Å². The number of carbonyl (C=O) groups excluding carboxylic acids is 1. The number of thiocarbonyl (C=S) groups is 1. The van der Waals surface area contributed by atoms with E-state index in [1.807, 2.05) is 97.6 Å². The summed E-state index contributed by atoms with van der Waals surface area (Å²) in [5, 5.41) is 6.69. The van der Waals surface area contributed by atoms with Crippen molar-refractivity contribution in [2.45, 2.75) is 20.0 Å². The number of hydrogen-bond donors (Lipinski definition) is 2. The molecule has 1 aromatic heterocycles. The van der Waals surface area contributed by atoms with E-state index in [1.54, 1.807) is 11.0 Å². The number of carbonyl (C=O) groups is 1. The van der Waals surface area contributed by atoms with Gasteiger partial charge in [0.05, 0.1) is 0 Å². The average molecular weight is 624 g/mol. The largest absolute Gasteiger partial charge is 0.485 e. The van der Waals surface area contributed by atoms with Crippen LogP contribution in [0.1, 0.15) is 11.4 Å². The van der Waals surface area contributed by atoms with Crippen LogP contribution < -0.4 is 24.8 Å². The summed E-state index contributed by atoms with van der Waals surface area (Å²) in [5.74, 6) is 3.48. The summed E-state index contributed by atoms with van der Waals surface area (Å²) in [6, 6.07) is 26.3. The molecule has 1 amide bonds. The number of fused-ring (bicyclic) bond motifs is 1. The lowest BCUT2D eigenvalue weighted by molar-refractivity contribution is -0.142. The van der Waals surface area contributed by atoms with Crippen molar-refractivity contribution >= 4 is 40.8 Å². The summed E-state index contributed by atoms with van der Waals surface area (Å²) in [7, 11) is 0. The Morgan fingerprint density at radius 2 is 1.47 bits per heavy atom. The Kier molecular flexibility index (Phi) is 9.01. The van der Waals surface area contributed by atoms with E-state index in [2.05, 4.69) is 20.6 Å². The second-order valence-electron chi connectivity index (χ2n) is 10.6. The first kappa shape index (κ1) is 29.8. The van der Waals surface area contributed by atoms with Gasteiger partial charge in [-0.2, -0.15) is 4.99 Å². The van der Waals surface area contributed by atoms with E-state index < -0.39 is 6.10 Å². The van der Waals surface area contributed by atoms with Crippen LogP contribution in [0.3, 0.4) is 0 Å². The Bertz CT molecular complexity index is 1670. The smallest absolute Gasteiger partial charge is 0.267 e. The van der Waals surface area contributed by atoms with E-state index in [-0.39, 0.29) is 17.6 Å². The van der Waals surface area contributed by atoms with Gasteiger partial charge in [-0.25, -0.2) is 9.97 Å². The molecule has 3 aromatic carbocycles. The van der Waals surface area contributed by atoms with Gasteiger partial charge in [0, 0.05) is 43.3 Å². The fourth-order valence-electron chi connectivity index (χ4n) is 5.02. The van der Waals surface area contributed by atoms with Crippen molar-refractivity contribution in [3.8, 4) is 23.0 Å². The molecule has 2 N–H and O–H groups in total. The molecule has 1 fully saturated rings. The quantitative estimate of drug-likeness (QED) is 0.178. The molecule has 0 aliphatic carbocycles. The molecule has 2 aliphatic heterocycles. The highest BCUT2D eigenvalue weighted by molar-refractivity contribution is 7.80. The van der Waals surface area contributed by atoms with Crippen molar-refractivity contribution < 1.29 is 19.0 Å². The Labute approximate surface area is 266 Å². The standard InChI is InChI=1S/C33H33N7O4S/c1-22-20-23(2)35-31(34-22)37-32(38-33(45)36-24-12-14-26(15-13-24)43-25-8-4-3-5-9-25)40-18-16-39(17-19-40)30(41)29-21-42-27-10-6-7-11-28(27)44-29/h3-15,20,29H,16-19,21H2,1-2H3,(H2,34,35,36,37,38,45). The number of amides is 1. The molecule has 12 heteroatoms. The number of rotatable bonds is 5. The van der Waals surface area contributed by atoms with E-state index in [0.717, 1.165) is 22.8 Å². The van der Waals surface area contributed by atoms with Crippen LogP contribution in [0.4, 0.5) is 11.6 Å². The van der Waals surface area contributed by atoms with Crippen molar-refractivity contribution in [2.75, 3.05) is 43.4 Å². The molecule has 1 unspecified atom stereocenters. The topological polar surface area (TPSA) is 113 Å². The first-order chi connectivity index (χ1) is 21.9. The average Bonchev–Trinajstić information content (AvgIpc) is 3.05. The van der Waals surface area contributed by atoms with Gasteiger partial charge in [-0.3, -0.25) is 10.1 Å². The molecule has 11 nitrogen and oxygen atoms in total. The highest BCUT2D eigenvalue weighted by Gasteiger charge is 2.33. The maximum atomic E-state index is 13.3. The number of nitrogens with one attached hydrogen (secondary N) is 2. The summed E-state index contributed by atoms with van der Waals surface area (Å²) in [4.78, 5) is 30.9. The van der Waals surface area contributed by atoms with Gasteiger partial charge in [0.25, 0.3) is 5.91 Å². The zero-order chi connectivity index (χ0) is 31.2. The second-order valence-corrected chi connectivity index (χ2v) is 11.0. The van der Waals surface area contributed by atoms with Crippen LogP contribution in [-0.4, -0.2) is 75.6 Å². The molecule has 1 saturated heterocycles. The van der Waals surface area contributed by atoms with E-state index in [9.17, 15) is 4.79 Å². The van der Waals surface area contributed by atoms with Gasteiger partial charge in [0.2, 0.25) is 23.1 Å². The number of guanidine groups is 1. The fraction of sp³-hybridized carbons (Fsp3) is 0.242. The van der Waals surface area contributed by atoms with Gasteiger partial charge in [0.1, 0.15) is 18.1 Å². The lowest BCUT2D eigenvalue weighted by Gasteiger charge is -2.38. The highest BCUT2D eigenvalue weighted by Crippen LogP contribution is 2.31. The number of anilines is 2. The molecule has 2 aliphatic rings. The Morgan fingerprint density at radius 3 is 2.18 bits per heavy atom. The van der Waals surface area contributed by atoms with Gasteiger partial charge >= 0.3 is 0 Å². The number of aliphatic imine (C=N–C) groups is 1. The molecule has 0 radical (unpaired) electrons. The summed E-state index contributed by atoms with van der Waals surface area (Å²) in [6.07, 6.45) is -0.692. The summed E-state index contributed by atoms with van der Waals surface area (Å²) < 4.78 is 17.6. The number of para-hydroxylation sites is 3. The van der Waals surface area contributed by atoms with E-state index in [4.69, 9.17) is 31.4 Å². The van der Waals surface area contributed by atoms with Crippen LogP contribution in [0.2, 0.25) is 0 Å². The maximum absolute atomic E-state index is 13.3. The lowest BCUT2D eigenvalue weighted by Crippen LogP contribution is -2.56. The van der Waals surface area contributed by atoms with Crippen LogP contribution >= 0.6 is 12.2 Å². The molecule has 3 heterocycles. The lowest BCUT2D eigenvalue weighted by atomic mass is 10.2. The third-order valence-corrected chi connectivity index (χ3v) is 7.37. The molecule has 0 saturated carbocycles. The SMILES string of the molecule is Cc1cc(C)nc(N/C(=N/C(=S)Nc2ccc(Oc3ccccc3)cc2)N2CCN(C(=O)C3COc4ccccc4O3)CC2)n1. The molecule has 230 valence electrons. The minimum absolute atomic E-state index is 0.106. The van der Waals surface area contributed by atoms with Crippen molar-refractivity contribution in [3.05, 3.63) is 96.3 Å². The van der Waals surface area contributed by atoms with Gasteiger partial charge in [0.15, 0.2) is 11.5 Å². The van der Waals surface area contributed by atoms with Crippen molar-refractivity contribution in [1.29, 1.82) is 0 Å². The number of aryl methyl sites for hydroxylation is 2. The molecular weight excluding hydrogens is 590 g/mol. The predicted molar refractivity (Wildman–Crippen MR) is 176 cm³/mol. The van der Waals surface area contributed by atoms with Crippen molar-refractivity contribution in [1.82, 2.24) is 19.8 Å². The molecule has 6 rings (SSSR count). The van der Waals surface area contributed by atoms with E-state index >= 15 is 0 Å². The zero-order valence-electron chi connectivity index (χ0n) is 25.0. The minimum Gasteiger partial charge on any atom is -0.485 e. The first-order valence-corrected chi connectivity index (χ1v) is 15.0. The van der Waals surface area contributed by atoms with Crippen LogP contribution in [-0.2, 0) is 4.79 Å². The van der Waals surface area contributed by atoms with Crippen LogP contribution in [0.15, 0.2) is 89.9 Å². The van der Waals surface area contributed by atoms with E-state index in [1.165, 1.54) is 0 Å². The van der Waals surface area contributed by atoms with Gasteiger partial charge in [-0.05, 0) is 80.7 Å². The Hall–Kier alpha value is -5.23. The summed E-state index contributed by atoms with van der Waals surface area (Å²) in [5.41, 5.74) is 2.42. The highest BCUT2D eigenvalue weighted by atomic mass is 32.1.